The summed E-state index contributed by atoms with van der Waals surface area (Å²) in [5.41, 5.74) is 0.0640. The standard InChI is InChI=1S/C14H10ClF2NOS/c1-7-4-12(17)13(6-11(7)16)18-14(19)9-5-8(20)2-3-10(9)15/h2-6,20H,1H3,(H,18,19). The van der Waals surface area contributed by atoms with E-state index in [1.807, 2.05) is 0 Å². The molecule has 0 fully saturated rings. The number of nitrogens with one attached hydrogen (secondary N) is 1. The van der Waals surface area contributed by atoms with Crippen molar-refractivity contribution in [3.63, 3.8) is 0 Å². The van der Waals surface area contributed by atoms with Crippen LogP contribution in [-0.4, -0.2) is 5.91 Å². The van der Waals surface area contributed by atoms with E-state index in [9.17, 15) is 13.6 Å². The van der Waals surface area contributed by atoms with Gasteiger partial charge in [0.25, 0.3) is 5.91 Å². The lowest BCUT2D eigenvalue weighted by molar-refractivity contribution is 0.102. The van der Waals surface area contributed by atoms with Crippen molar-refractivity contribution in [2.45, 2.75) is 11.8 Å². The maximum Gasteiger partial charge on any atom is 0.257 e. The molecule has 2 aromatic rings. The topological polar surface area (TPSA) is 29.1 Å². The number of benzene rings is 2. The number of anilines is 1. The van der Waals surface area contributed by atoms with Gasteiger partial charge >= 0.3 is 0 Å². The summed E-state index contributed by atoms with van der Waals surface area (Å²) in [6.45, 7) is 1.44. The second-order valence-corrected chi connectivity index (χ2v) is 5.12. The number of halogens is 3. The minimum Gasteiger partial charge on any atom is -0.319 e. The van der Waals surface area contributed by atoms with Gasteiger partial charge in [-0.3, -0.25) is 4.79 Å². The molecule has 0 radical (unpaired) electrons. The fourth-order valence-electron chi connectivity index (χ4n) is 1.62. The molecule has 0 aliphatic heterocycles. The molecular weight excluding hydrogens is 304 g/mol. The van der Waals surface area contributed by atoms with Crippen LogP contribution in [0, 0.1) is 18.6 Å². The van der Waals surface area contributed by atoms with Crippen molar-refractivity contribution in [2.24, 2.45) is 0 Å². The summed E-state index contributed by atoms with van der Waals surface area (Å²) in [7, 11) is 0. The molecule has 0 aromatic heterocycles. The zero-order valence-corrected chi connectivity index (χ0v) is 12.0. The van der Waals surface area contributed by atoms with E-state index < -0.39 is 17.5 Å². The van der Waals surface area contributed by atoms with Crippen LogP contribution >= 0.6 is 24.2 Å². The lowest BCUT2D eigenvalue weighted by Crippen LogP contribution is -2.14. The van der Waals surface area contributed by atoms with E-state index in [0.29, 0.717) is 4.90 Å². The van der Waals surface area contributed by atoms with Crippen LogP contribution in [0.5, 0.6) is 0 Å². The van der Waals surface area contributed by atoms with E-state index in [2.05, 4.69) is 17.9 Å². The maximum atomic E-state index is 13.7. The Morgan fingerprint density at radius 1 is 1.20 bits per heavy atom. The van der Waals surface area contributed by atoms with Crippen LogP contribution in [0.1, 0.15) is 15.9 Å². The van der Waals surface area contributed by atoms with Crippen LogP contribution in [0.4, 0.5) is 14.5 Å². The number of thiol groups is 1. The molecule has 0 unspecified atom stereocenters. The smallest absolute Gasteiger partial charge is 0.257 e. The molecule has 6 heteroatoms. The van der Waals surface area contributed by atoms with Gasteiger partial charge in [0.2, 0.25) is 0 Å². The molecule has 0 saturated heterocycles. The Kier molecular flexibility index (Phi) is 4.30. The van der Waals surface area contributed by atoms with Gasteiger partial charge in [0, 0.05) is 11.0 Å². The van der Waals surface area contributed by atoms with Crippen molar-refractivity contribution >= 4 is 35.8 Å². The highest BCUT2D eigenvalue weighted by Crippen LogP contribution is 2.23. The van der Waals surface area contributed by atoms with Gasteiger partial charge in [-0.15, -0.1) is 12.6 Å². The first-order valence-corrected chi connectivity index (χ1v) is 6.46. The van der Waals surface area contributed by atoms with Crippen LogP contribution in [0.2, 0.25) is 5.02 Å². The first-order valence-electron chi connectivity index (χ1n) is 5.64. The Balaban J connectivity index is 2.32. The summed E-state index contributed by atoms with van der Waals surface area (Å²) < 4.78 is 27.1. The Bertz CT molecular complexity index is 691. The van der Waals surface area contributed by atoms with Crippen LogP contribution < -0.4 is 5.32 Å². The van der Waals surface area contributed by atoms with Gasteiger partial charge in [-0.1, -0.05) is 11.6 Å². The number of amides is 1. The second kappa shape index (κ2) is 5.81. The molecule has 2 rings (SSSR count). The molecule has 1 amide bonds. The summed E-state index contributed by atoms with van der Waals surface area (Å²) >= 11 is 9.99. The number of hydrogen-bond donors (Lipinski definition) is 2. The summed E-state index contributed by atoms with van der Waals surface area (Å²) in [5.74, 6) is -1.95. The van der Waals surface area contributed by atoms with Crippen molar-refractivity contribution < 1.29 is 13.6 Å². The second-order valence-electron chi connectivity index (χ2n) is 4.20. The zero-order chi connectivity index (χ0) is 14.9. The largest absolute Gasteiger partial charge is 0.319 e. The highest BCUT2D eigenvalue weighted by Gasteiger charge is 2.14. The molecule has 0 spiro atoms. The fraction of sp³-hybridized carbons (Fsp3) is 0.0714. The lowest BCUT2D eigenvalue weighted by atomic mass is 10.1. The monoisotopic (exact) mass is 313 g/mol. The van der Waals surface area contributed by atoms with Gasteiger partial charge < -0.3 is 5.32 Å². The third-order valence-electron chi connectivity index (χ3n) is 2.69. The molecule has 0 bridgehead atoms. The Morgan fingerprint density at radius 3 is 2.60 bits per heavy atom. The number of rotatable bonds is 2. The Hall–Kier alpha value is -1.59. The highest BCUT2D eigenvalue weighted by molar-refractivity contribution is 7.80. The van der Waals surface area contributed by atoms with E-state index in [1.54, 1.807) is 6.07 Å². The van der Waals surface area contributed by atoms with Crippen molar-refractivity contribution in [3.8, 4) is 0 Å². The summed E-state index contributed by atoms with van der Waals surface area (Å²) in [5, 5.41) is 2.49. The normalized spacial score (nSPS) is 10.4. The molecule has 2 nitrogen and oxygen atoms in total. The Morgan fingerprint density at radius 2 is 1.90 bits per heavy atom. The lowest BCUT2D eigenvalue weighted by Gasteiger charge is -2.09. The van der Waals surface area contributed by atoms with Crippen LogP contribution in [0.15, 0.2) is 35.2 Å². The van der Waals surface area contributed by atoms with Gasteiger partial charge in [0.1, 0.15) is 11.6 Å². The number of hydrogen-bond acceptors (Lipinski definition) is 2. The molecule has 0 saturated carbocycles. The van der Waals surface area contributed by atoms with Crippen LogP contribution in [0.3, 0.4) is 0 Å². The molecule has 104 valence electrons. The average molecular weight is 314 g/mol. The minimum absolute atomic E-state index is 0.138. The molecular formula is C14H10ClF2NOS. The van der Waals surface area contributed by atoms with E-state index in [4.69, 9.17) is 11.6 Å². The van der Waals surface area contributed by atoms with Crippen molar-refractivity contribution in [2.75, 3.05) is 5.32 Å². The maximum absolute atomic E-state index is 13.7. The van der Waals surface area contributed by atoms with Gasteiger partial charge in [-0.2, -0.15) is 0 Å². The van der Waals surface area contributed by atoms with E-state index in [0.717, 1.165) is 12.1 Å². The fourth-order valence-corrected chi connectivity index (χ4v) is 2.03. The van der Waals surface area contributed by atoms with Gasteiger partial charge in [0.15, 0.2) is 0 Å². The number of aryl methyl sites for hydroxylation is 1. The molecule has 0 aliphatic carbocycles. The molecule has 0 heterocycles. The first kappa shape index (κ1) is 14.8. The third kappa shape index (κ3) is 3.11. The van der Waals surface area contributed by atoms with E-state index in [-0.39, 0.29) is 21.8 Å². The summed E-state index contributed by atoms with van der Waals surface area (Å²) in [4.78, 5) is 12.6. The summed E-state index contributed by atoms with van der Waals surface area (Å²) in [6.07, 6.45) is 0. The average Bonchev–Trinajstić information content (AvgIpc) is 2.38. The number of carbonyl (C=O) groups excluding carboxylic acids is 1. The van der Waals surface area contributed by atoms with Crippen molar-refractivity contribution in [1.29, 1.82) is 0 Å². The van der Waals surface area contributed by atoms with Crippen LogP contribution in [-0.2, 0) is 0 Å². The van der Waals surface area contributed by atoms with Crippen LogP contribution in [0.25, 0.3) is 0 Å². The van der Waals surface area contributed by atoms with E-state index >= 15 is 0 Å². The predicted octanol–water partition coefficient (Wildman–Crippen LogP) is 4.47. The quantitative estimate of drug-likeness (QED) is 0.787. The zero-order valence-electron chi connectivity index (χ0n) is 10.4. The van der Waals surface area contributed by atoms with Gasteiger partial charge in [-0.25, -0.2) is 8.78 Å². The van der Waals surface area contributed by atoms with Crippen molar-refractivity contribution in [3.05, 3.63) is 58.1 Å². The molecule has 20 heavy (non-hydrogen) atoms. The van der Waals surface area contributed by atoms with Crippen molar-refractivity contribution in [1.82, 2.24) is 0 Å². The van der Waals surface area contributed by atoms with Gasteiger partial charge in [0.05, 0.1) is 16.3 Å². The molecule has 0 atom stereocenters. The van der Waals surface area contributed by atoms with E-state index in [1.165, 1.54) is 19.1 Å². The summed E-state index contributed by atoms with van der Waals surface area (Å²) in [6, 6.07) is 6.52. The predicted molar refractivity (Wildman–Crippen MR) is 77.8 cm³/mol. The SMILES string of the molecule is Cc1cc(F)c(NC(=O)c2cc(S)ccc2Cl)cc1F. The third-order valence-corrected chi connectivity index (χ3v) is 3.30. The van der Waals surface area contributed by atoms with Gasteiger partial charge in [-0.05, 0) is 36.8 Å². The highest BCUT2D eigenvalue weighted by atomic mass is 35.5. The molecule has 1 N–H and O–H groups in total. The Labute approximate surface area is 125 Å². The molecule has 0 aliphatic rings. The number of carbonyl (C=O) groups is 1. The molecule has 2 aromatic carbocycles. The first-order chi connectivity index (χ1) is 9.38. The minimum atomic E-state index is -0.713.